The summed E-state index contributed by atoms with van der Waals surface area (Å²) in [4.78, 5) is 16.2. The number of aromatic nitrogens is 4. The van der Waals surface area contributed by atoms with Gasteiger partial charge in [0, 0.05) is 47.6 Å². The molecule has 69 heavy (non-hydrogen) atoms. The highest BCUT2D eigenvalue weighted by Gasteiger charge is 2.41. The monoisotopic (exact) mass is 914 g/mol. The summed E-state index contributed by atoms with van der Waals surface area (Å²) in [6.07, 6.45) is 0. The molecule has 0 amide bonds. The lowest BCUT2D eigenvalue weighted by atomic mass is 10.0. The maximum Gasteiger partial charge on any atom is 0.179 e. The SMILES string of the molecule is c1ccc([Si](c2ccccc2)(c2ccccc2)c2ccc(-c3nc(-c4cccc(-c5cccc6c5sc5ccccc56)c4)nc(-c4ccccc4-n4c5ccccc5c5ccccc54)n3)cc2)cc1. The summed E-state index contributed by atoms with van der Waals surface area (Å²) >= 11 is 1.84. The third kappa shape index (κ3) is 6.83. The molecular formula is C63H42N4SSi. The Balaban J connectivity index is 1.01. The van der Waals surface area contributed by atoms with E-state index in [1.165, 1.54) is 57.3 Å². The van der Waals surface area contributed by atoms with Gasteiger partial charge in [0.15, 0.2) is 25.5 Å². The number of hydrogen-bond donors (Lipinski definition) is 0. The molecule has 0 saturated carbocycles. The van der Waals surface area contributed by atoms with Crippen molar-refractivity contribution in [3.05, 3.63) is 255 Å². The molecule has 0 aliphatic rings. The molecule has 0 saturated heterocycles. The van der Waals surface area contributed by atoms with Gasteiger partial charge in [0.25, 0.3) is 0 Å². The Morgan fingerprint density at radius 1 is 0.319 bits per heavy atom. The molecule has 0 atom stereocenters. The minimum Gasteiger partial charge on any atom is -0.309 e. The highest BCUT2D eigenvalue weighted by Crippen LogP contribution is 2.41. The van der Waals surface area contributed by atoms with E-state index >= 15 is 0 Å². The highest BCUT2D eigenvalue weighted by molar-refractivity contribution is 7.26. The fourth-order valence-corrected chi connectivity index (χ4v) is 16.5. The van der Waals surface area contributed by atoms with Crippen LogP contribution in [-0.2, 0) is 0 Å². The number of nitrogens with zero attached hydrogens (tertiary/aromatic N) is 4. The molecule has 3 aromatic heterocycles. The zero-order valence-electron chi connectivity index (χ0n) is 37.4. The van der Waals surface area contributed by atoms with Crippen molar-refractivity contribution in [1.29, 1.82) is 0 Å². The Labute approximate surface area is 405 Å². The molecule has 324 valence electrons. The van der Waals surface area contributed by atoms with Gasteiger partial charge in [-0.2, -0.15) is 0 Å². The largest absolute Gasteiger partial charge is 0.309 e. The predicted molar refractivity (Wildman–Crippen MR) is 292 cm³/mol. The van der Waals surface area contributed by atoms with Crippen molar-refractivity contribution in [2.75, 3.05) is 0 Å². The maximum absolute atomic E-state index is 5.42. The third-order valence-corrected chi connectivity index (χ3v) is 19.7. The van der Waals surface area contributed by atoms with Crippen LogP contribution in [0.2, 0.25) is 0 Å². The molecule has 0 aliphatic carbocycles. The molecule has 0 N–H and O–H groups in total. The average Bonchev–Trinajstić information content (AvgIpc) is 3.98. The first-order chi connectivity index (χ1) is 34.2. The number of para-hydroxylation sites is 3. The molecule has 4 nitrogen and oxygen atoms in total. The minimum atomic E-state index is -2.76. The number of rotatable bonds is 9. The molecule has 13 rings (SSSR count). The number of hydrogen-bond acceptors (Lipinski definition) is 4. The van der Waals surface area contributed by atoms with Crippen molar-refractivity contribution >= 4 is 82.1 Å². The summed E-state index contributed by atoms with van der Waals surface area (Å²) in [5.41, 5.74) is 8.33. The van der Waals surface area contributed by atoms with Crippen LogP contribution in [0.1, 0.15) is 0 Å². The lowest BCUT2D eigenvalue weighted by molar-refractivity contribution is 1.06. The zero-order chi connectivity index (χ0) is 45.7. The van der Waals surface area contributed by atoms with Gasteiger partial charge < -0.3 is 4.57 Å². The van der Waals surface area contributed by atoms with Gasteiger partial charge in [-0.3, -0.25) is 0 Å². The summed E-state index contributed by atoms with van der Waals surface area (Å²) in [6, 6.07) is 92.0. The second-order valence-electron chi connectivity index (χ2n) is 17.5. The van der Waals surface area contributed by atoms with Gasteiger partial charge in [0.1, 0.15) is 0 Å². The van der Waals surface area contributed by atoms with Crippen LogP contribution in [0.5, 0.6) is 0 Å². The molecule has 0 spiro atoms. The van der Waals surface area contributed by atoms with Crippen molar-refractivity contribution in [1.82, 2.24) is 19.5 Å². The Bertz CT molecular complexity index is 3860. The van der Waals surface area contributed by atoms with Crippen molar-refractivity contribution in [3.8, 4) is 51.0 Å². The van der Waals surface area contributed by atoms with Gasteiger partial charge >= 0.3 is 0 Å². The number of thiophene rings is 1. The first kappa shape index (κ1) is 40.7. The predicted octanol–water partition coefficient (Wildman–Crippen LogP) is 13.4. The summed E-state index contributed by atoms with van der Waals surface area (Å²) in [7, 11) is -2.76. The topological polar surface area (TPSA) is 43.6 Å². The maximum atomic E-state index is 5.42. The van der Waals surface area contributed by atoms with Crippen LogP contribution in [0.25, 0.3) is 93.0 Å². The Morgan fingerprint density at radius 2 is 0.783 bits per heavy atom. The van der Waals surface area contributed by atoms with E-state index < -0.39 is 8.07 Å². The molecule has 0 fully saturated rings. The van der Waals surface area contributed by atoms with Gasteiger partial charge in [-0.25, -0.2) is 15.0 Å². The summed E-state index contributed by atoms with van der Waals surface area (Å²) < 4.78 is 4.91. The van der Waals surface area contributed by atoms with E-state index in [-0.39, 0.29) is 0 Å². The van der Waals surface area contributed by atoms with Crippen LogP contribution in [0.3, 0.4) is 0 Å². The molecule has 6 heteroatoms. The van der Waals surface area contributed by atoms with Crippen LogP contribution < -0.4 is 20.7 Å². The normalized spacial score (nSPS) is 11.8. The van der Waals surface area contributed by atoms with Crippen LogP contribution in [0.15, 0.2) is 255 Å². The molecule has 13 aromatic rings. The van der Waals surface area contributed by atoms with E-state index in [4.69, 9.17) is 15.0 Å². The van der Waals surface area contributed by atoms with Crippen molar-refractivity contribution in [3.63, 3.8) is 0 Å². The van der Waals surface area contributed by atoms with Crippen molar-refractivity contribution in [2.45, 2.75) is 0 Å². The van der Waals surface area contributed by atoms with Gasteiger partial charge in [0.05, 0.1) is 16.7 Å². The second-order valence-corrected chi connectivity index (χ2v) is 22.3. The zero-order valence-corrected chi connectivity index (χ0v) is 39.3. The summed E-state index contributed by atoms with van der Waals surface area (Å²) in [5.74, 6) is 1.83. The Morgan fingerprint density at radius 3 is 1.43 bits per heavy atom. The first-order valence-corrected chi connectivity index (χ1v) is 26.2. The van der Waals surface area contributed by atoms with Gasteiger partial charge in [-0.05, 0) is 68.3 Å². The summed E-state index contributed by atoms with van der Waals surface area (Å²) in [6.45, 7) is 0. The fraction of sp³-hybridized carbons (Fsp3) is 0. The standard InChI is InChI=1S/C63H42N4SSi/c1-4-22-46(23-5-1)69(47-24-6-2-7-25-47,48-26-8-3-9-27-48)49-40-38-43(39-41-49)61-64-62(45-21-18-20-44(42-45)50-32-19-33-54-53-30-13-17-37-59(53)68-60(50)54)66-63(65-61)55-31-12-16-36-58(55)67-56-34-14-10-28-51(56)52-29-11-15-35-57(52)67/h1-42H. The van der Waals surface area contributed by atoms with Crippen LogP contribution in [-0.4, -0.2) is 27.6 Å². The van der Waals surface area contributed by atoms with Gasteiger partial charge in [0.2, 0.25) is 0 Å². The Hall–Kier alpha value is -8.55. The Kier molecular flexibility index (Phi) is 10.00. The van der Waals surface area contributed by atoms with E-state index in [2.05, 4.69) is 259 Å². The molecular weight excluding hydrogens is 873 g/mol. The quantitative estimate of drug-likeness (QED) is 0.107. The van der Waals surface area contributed by atoms with Crippen molar-refractivity contribution in [2.24, 2.45) is 0 Å². The van der Waals surface area contributed by atoms with Crippen molar-refractivity contribution < 1.29 is 0 Å². The third-order valence-electron chi connectivity index (χ3n) is 13.6. The second kappa shape index (κ2) is 17.0. The molecule has 10 aromatic carbocycles. The number of fused-ring (bicyclic) bond motifs is 6. The van der Waals surface area contributed by atoms with E-state index in [0.717, 1.165) is 39.0 Å². The van der Waals surface area contributed by atoms with Gasteiger partial charge in [-0.1, -0.05) is 218 Å². The van der Waals surface area contributed by atoms with Crippen LogP contribution in [0, 0.1) is 0 Å². The molecule has 0 unspecified atom stereocenters. The molecule has 0 aliphatic heterocycles. The summed E-state index contributed by atoms with van der Waals surface area (Å²) in [5, 5.41) is 10.2. The van der Waals surface area contributed by atoms with Crippen LogP contribution >= 0.6 is 11.3 Å². The average molecular weight is 915 g/mol. The molecule has 0 radical (unpaired) electrons. The lowest BCUT2D eigenvalue weighted by Crippen LogP contribution is -2.74. The molecule has 3 heterocycles. The van der Waals surface area contributed by atoms with E-state index in [1.807, 2.05) is 11.3 Å². The van der Waals surface area contributed by atoms with Gasteiger partial charge in [-0.15, -0.1) is 11.3 Å². The van der Waals surface area contributed by atoms with E-state index in [1.54, 1.807) is 0 Å². The van der Waals surface area contributed by atoms with E-state index in [0.29, 0.717) is 17.5 Å². The highest BCUT2D eigenvalue weighted by atomic mass is 32.1. The fourth-order valence-electron chi connectivity index (χ4n) is 10.5. The lowest BCUT2D eigenvalue weighted by Gasteiger charge is -2.34. The smallest absolute Gasteiger partial charge is 0.179 e. The van der Waals surface area contributed by atoms with E-state index in [9.17, 15) is 0 Å². The number of benzene rings is 10. The molecule has 0 bridgehead atoms. The minimum absolute atomic E-state index is 0.607. The van der Waals surface area contributed by atoms with Crippen LogP contribution in [0.4, 0.5) is 0 Å². The first-order valence-electron chi connectivity index (χ1n) is 23.3.